The Morgan fingerprint density at radius 1 is 1.44 bits per heavy atom. The number of benzene rings is 1. The first kappa shape index (κ1) is 13.1. The second-order valence-corrected chi connectivity index (χ2v) is 3.53. The van der Waals surface area contributed by atoms with Crippen LogP contribution in [0.5, 0.6) is 0 Å². The molecule has 0 N–H and O–H groups in total. The minimum Gasteiger partial charge on any atom is -0.382 e. The van der Waals surface area contributed by atoms with Crippen LogP contribution in [0.15, 0.2) is 18.2 Å². The Balaban J connectivity index is 2.53. The standard InChI is InChI=1S/C11H12ClFO3/c1-15-4-5-16-7-11(14)9-3-2-8(12)6-10(9)13/h2-3,6H,4-5,7H2,1H3. The molecule has 0 atom stereocenters. The Kier molecular flexibility index (Phi) is 5.38. The van der Waals surface area contributed by atoms with Gasteiger partial charge in [0.2, 0.25) is 0 Å². The van der Waals surface area contributed by atoms with Gasteiger partial charge in [-0.15, -0.1) is 0 Å². The molecule has 0 bridgehead atoms. The van der Waals surface area contributed by atoms with Gasteiger partial charge in [-0.25, -0.2) is 4.39 Å². The Hall–Kier alpha value is -0.970. The first-order valence-corrected chi connectivity index (χ1v) is 5.08. The summed E-state index contributed by atoms with van der Waals surface area (Å²) in [7, 11) is 1.53. The van der Waals surface area contributed by atoms with Gasteiger partial charge in [-0.2, -0.15) is 0 Å². The van der Waals surface area contributed by atoms with Crippen molar-refractivity contribution in [3.05, 3.63) is 34.6 Å². The van der Waals surface area contributed by atoms with Crippen molar-refractivity contribution in [1.82, 2.24) is 0 Å². The summed E-state index contributed by atoms with van der Waals surface area (Å²) in [6.07, 6.45) is 0. The van der Waals surface area contributed by atoms with E-state index in [0.29, 0.717) is 13.2 Å². The van der Waals surface area contributed by atoms with Crippen LogP contribution in [0.25, 0.3) is 0 Å². The maximum Gasteiger partial charge on any atom is 0.191 e. The minimum absolute atomic E-state index is 0.0122. The van der Waals surface area contributed by atoms with E-state index in [2.05, 4.69) is 0 Å². The van der Waals surface area contributed by atoms with Crippen LogP contribution in [0.2, 0.25) is 5.02 Å². The van der Waals surface area contributed by atoms with E-state index in [9.17, 15) is 9.18 Å². The number of Topliss-reactive ketones (excluding diaryl/α,β-unsaturated/α-hetero) is 1. The van der Waals surface area contributed by atoms with Crippen LogP contribution in [0.3, 0.4) is 0 Å². The highest BCUT2D eigenvalue weighted by atomic mass is 35.5. The topological polar surface area (TPSA) is 35.5 Å². The fourth-order valence-electron chi connectivity index (χ4n) is 1.10. The molecule has 88 valence electrons. The highest BCUT2D eigenvalue weighted by Gasteiger charge is 2.11. The molecule has 0 heterocycles. The van der Waals surface area contributed by atoms with Gasteiger partial charge in [-0.3, -0.25) is 4.79 Å². The van der Waals surface area contributed by atoms with E-state index in [1.54, 1.807) is 0 Å². The number of ether oxygens (including phenoxy) is 2. The summed E-state index contributed by atoms with van der Waals surface area (Å²) in [5.74, 6) is -1.04. The maximum atomic E-state index is 13.3. The van der Waals surface area contributed by atoms with Crippen LogP contribution in [-0.4, -0.2) is 32.7 Å². The molecule has 0 spiro atoms. The quantitative estimate of drug-likeness (QED) is 0.571. The lowest BCUT2D eigenvalue weighted by Crippen LogP contribution is -2.13. The molecule has 1 rings (SSSR count). The molecule has 1 aromatic rings. The average molecular weight is 247 g/mol. The second-order valence-electron chi connectivity index (χ2n) is 3.09. The van der Waals surface area contributed by atoms with E-state index >= 15 is 0 Å². The van der Waals surface area contributed by atoms with Crippen LogP contribution >= 0.6 is 11.6 Å². The van der Waals surface area contributed by atoms with Gasteiger partial charge in [0.05, 0.1) is 18.8 Å². The van der Waals surface area contributed by atoms with Gasteiger partial charge in [-0.1, -0.05) is 11.6 Å². The van der Waals surface area contributed by atoms with Crippen LogP contribution < -0.4 is 0 Å². The molecule has 0 saturated heterocycles. The number of methoxy groups -OCH3 is 1. The van der Waals surface area contributed by atoms with E-state index in [1.807, 2.05) is 0 Å². The lowest BCUT2D eigenvalue weighted by molar-refractivity contribution is 0.0574. The van der Waals surface area contributed by atoms with Crippen LogP contribution in [-0.2, 0) is 9.47 Å². The van der Waals surface area contributed by atoms with Gasteiger partial charge in [0.1, 0.15) is 12.4 Å². The third-order valence-corrected chi connectivity index (χ3v) is 2.13. The van der Waals surface area contributed by atoms with Crippen molar-refractivity contribution in [1.29, 1.82) is 0 Å². The predicted octanol–water partition coefficient (Wildman–Crippen LogP) is 2.32. The van der Waals surface area contributed by atoms with Crippen molar-refractivity contribution in [2.45, 2.75) is 0 Å². The molecule has 1 aromatic carbocycles. The molecular formula is C11H12ClFO3. The summed E-state index contributed by atoms with van der Waals surface area (Å²) < 4.78 is 23.0. The third-order valence-electron chi connectivity index (χ3n) is 1.90. The summed E-state index contributed by atoms with van der Waals surface area (Å²) in [6.45, 7) is 0.537. The number of hydrogen-bond acceptors (Lipinski definition) is 3. The molecule has 0 aromatic heterocycles. The van der Waals surface area contributed by atoms with E-state index < -0.39 is 11.6 Å². The minimum atomic E-state index is -0.632. The smallest absolute Gasteiger partial charge is 0.191 e. The summed E-state index contributed by atoms with van der Waals surface area (Å²) in [4.78, 5) is 11.5. The van der Waals surface area contributed by atoms with Gasteiger partial charge < -0.3 is 9.47 Å². The normalized spacial score (nSPS) is 10.4. The molecule has 0 saturated carbocycles. The van der Waals surface area contributed by atoms with Crippen LogP contribution in [0.1, 0.15) is 10.4 Å². The third kappa shape index (κ3) is 3.89. The molecule has 0 unspecified atom stereocenters. The molecule has 16 heavy (non-hydrogen) atoms. The Bertz CT molecular complexity index is 368. The van der Waals surface area contributed by atoms with Gasteiger partial charge in [0.15, 0.2) is 5.78 Å². The zero-order valence-corrected chi connectivity index (χ0v) is 9.59. The summed E-state index contributed by atoms with van der Waals surface area (Å²) in [5, 5.41) is 0.259. The first-order chi connectivity index (χ1) is 7.65. The number of hydrogen-bond donors (Lipinski definition) is 0. The molecule has 0 aliphatic rings. The SMILES string of the molecule is COCCOCC(=O)c1ccc(Cl)cc1F. The van der Waals surface area contributed by atoms with E-state index in [-0.39, 0.29) is 17.2 Å². The monoisotopic (exact) mass is 246 g/mol. The largest absolute Gasteiger partial charge is 0.382 e. The number of carbonyl (C=O) groups is 1. The second kappa shape index (κ2) is 6.58. The maximum absolute atomic E-state index is 13.3. The number of halogens is 2. The first-order valence-electron chi connectivity index (χ1n) is 4.70. The molecular weight excluding hydrogens is 235 g/mol. The van der Waals surface area contributed by atoms with E-state index in [0.717, 1.165) is 6.07 Å². The Morgan fingerprint density at radius 2 is 2.19 bits per heavy atom. The number of rotatable bonds is 6. The zero-order valence-electron chi connectivity index (χ0n) is 8.83. The van der Waals surface area contributed by atoms with Crippen molar-refractivity contribution >= 4 is 17.4 Å². The van der Waals surface area contributed by atoms with Gasteiger partial charge in [-0.05, 0) is 18.2 Å². The summed E-state index contributed by atoms with van der Waals surface area (Å²) in [6, 6.07) is 3.91. The molecule has 5 heteroatoms. The van der Waals surface area contributed by atoms with Crippen molar-refractivity contribution < 1.29 is 18.7 Å². The summed E-state index contributed by atoms with van der Waals surface area (Å²) in [5.41, 5.74) is -0.0122. The highest BCUT2D eigenvalue weighted by molar-refractivity contribution is 6.30. The molecule has 3 nitrogen and oxygen atoms in total. The van der Waals surface area contributed by atoms with E-state index in [4.69, 9.17) is 21.1 Å². The zero-order chi connectivity index (χ0) is 12.0. The van der Waals surface area contributed by atoms with Gasteiger partial charge >= 0.3 is 0 Å². The average Bonchev–Trinajstić information content (AvgIpc) is 2.24. The lowest BCUT2D eigenvalue weighted by atomic mass is 10.1. The molecule has 0 radical (unpaired) electrons. The van der Waals surface area contributed by atoms with Crippen LogP contribution in [0, 0.1) is 5.82 Å². The molecule has 0 aliphatic heterocycles. The Labute approximate surface area is 98.1 Å². The predicted molar refractivity (Wildman–Crippen MR) is 58.4 cm³/mol. The van der Waals surface area contributed by atoms with Crippen molar-refractivity contribution in [3.8, 4) is 0 Å². The number of carbonyl (C=O) groups excluding carboxylic acids is 1. The fourth-order valence-corrected chi connectivity index (χ4v) is 1.26. The molecule has 0 fully saturated rings. The highest BCUT2D eigenvalue weighted by Crippen LogP contribution is 2.15. The van der Waals surface area contributed by atoms with Crippen molar-refractivity contribution in [2.24, 2.45) is 0 Å². The molecule has 0 aliphatic carbocycles. The van der Waals surface area contributed by atoms with Crippen LogP contribution in [0.4, 0.5) is 4.39 Å². The van der Waals surface area contributed by atoms with Gasteiger partial charge in [0.25, 0.3) is 0 Å². The fraction of sp³-hybridized carbons (Fsp3) is 0.364. The van der Waals surface area contributed by atoms with Crippen molar-refractivity contribution in [3.63, 3.8) is 0 Å². The van der Waals surface area contributed by atoms with Crippen molar-refractivity contribution in [2.75, 3.05) is 26.9 Å². The van der Waals surface area contributed by atoms with Gasteiger partial charge in [0, 0.05) is 12.1 Å². The number of ketones is 1. The lowest BCUT2D eigenvalue weighted by Gasteiger charge is -2.04. The molecule has 0 amide bonds. The van der Waals surface area contributed by atoms with E-state index in [1.165, 1.54) is 19.2 Å². The Morgan fingerprint density at radius 3 is 2.81 bits per heavy atom. The summed E-state index contributed by atoms with van der Waals surface area (Å²) >= 11 is 5.57.